The Hall–Kier alpha value is -1.11. The number of aliphatic carboxylic acids is 1. The van der Waals surface area contributed by atoms with E-state index in [1.54, 1.807) is 6.92 Å². The quantitative estimate of drug-likeness (QED) is 0.737. The molecule has 1 unspecified atom stereocenters. The predicted octanol–water partition coefficient (Wildman–Crippen LogP) is 1.35. The highest BCUT2D eigenvalue weighted by molar-refractivity contribution is 7.90. The Bertz CT molecular complexity index is 480. The molecule has 1 fully saturated rings. The normalized spacial score (nSPS) is 19.7. The molecule has 1 amide bonds. The van der Waals surface area contributed by atoms with Gasteiger partial charge >= 0.3 is 5.97 Å². The molecule has 1 aliphatic rings. The van der Waals surface area contributed by atoms with Crippen LogP contribution in [-0.2, 0) is 19.4 Å². The minimum atomic E-state index is -3.15. The lowest BCUT2D eigenvalue weighted by molar-refractivity contribution is -0.141. The van der Waals surface area contributed by atoms with Gasteiger partial charge in [0.05, 0.1) is 12.2 Å². The Morgan fingerprint density at radius 2 is 1.76 bits per heavy atom. The van der Waals surface area contributed by atoms with Crippen molar-refractivity contribution in [2.45, 2.75) is 57.9 Å². The average Bonchev–Trinajstić information content (AvgIpc) is 2.24. The van der Waals surface area contributed by atoms with Crippen LogP contribution in [0.15, 0.2) is 0 Å². The van der Waals surface area contributed by atoms with Gasteiger partial charge in [-0.05, 0) is 25.2 Å². The molecule has 122 valence electrons. The van der Waals surface area contributed by atoms with E-state index in [4.69, 9.17) is 5.11 Å². The van der Waals surface area contributed by atoms with E-state index in [-0.39, 0.29) is 24.5 Å². The summed E-state index contributed by atoms with van der Waals surface area (Å²) >= 11 is 0. The zero-order valence-corrected chi connectivity index (χ0v) is 13.5. The van der Waals surface area contributed by atoms with Crippen LogP contribution in [0, 0.1) is 5.41 Å². The van der Waals surface area contributed by atoms with E-state index >= 15 is 0 Å². The maximum Gasteiger partial charge on any atom is 0.303 e. The molecule has 7 heteroatoms. The molecule has 0 aromatic rings. The molecule has 0 saturated heterocycles. The highest BCUT2D eigenvalue weighted by Crippen LogP contribution is 2.42. The topological polar surface area (TPSA) is 101 Å². The fourth-order valence-corrected chi connectivity index (χ4v) is 4.19. The van der Waals surface area contributed by atoms with Crippen molar-refractivity contribution in [3.8, 4) is 0 Å². The second kappa shape index (κ2) is 7.24. The van der Waals surface area contributed by atoms with E-state index < -0.39 is 27.3 Å². The van der Waals surface area contributed by atoms with Gasteiger partial charge in [-0.1, -0.05) is 19.3 Å². The van der Waals surface area contributed by atoms with Crippen LogP contribution >= 0.6 is 0 Å². The monoisotopic (exact) mass is 319 g/mol. The Labute approximate surface area is 126 Å². The molecule has 0 aromatic carbocycles. The predicted molar refractivity (Wildman–Crippen MR) is 79.7 cm³/mol. The van der Waals surface area contributed by atoms with Gasteiger partial charge in [0.1, 0.15) is 9.84 Å². The van der Waals surface area contributed by atoms with Crippen LogP contribution in [0.1, 0.15) is 51.9 Å². The highest BCUT2D eigenvalue weighted by Gasteiger charge is 2.36. The Balaban J connectivity index is 2.62. The Morgan fingerprint density at radius 1 is 1.19 bits per heavy atom. The molecule has 1 atom stereocenters. The number of hydrogen-bond donors (Lipinski definition) is 2. The van der Waals surface area contributed by atoms with Crippen LogP contribution in [0.5, 0.6) is 0 Å². The number of carboxylic acid groups (broad SMARTS) is 1. The van der Waals surface area contributed by atoms with Gasteiger partial charge in [0.2, 0.25) is 5.91 Å². The van der Waals surface area contributed by atoms with E-state index in [0.29, 0.717) is 0 Å². The first kappa shape index (κ1) is 17.9. The summed E-state index contributed by atoms with van der Waals surface area (Å²) in [6, 6.07) is -0.460. The first-order valence-corrected chi connectivity index (χ1v) is 9.37. The zero-order chi connectivity index (χ0) is 16.1. The summed E-state index contributed by atoms with van der Waals surface area (Å²) in [4.78, 5) is 23.1. The van der Waals surface area contributed by atoms with E-state index in [1.807, 2.05) is 0 Å². The van der Waals surface area contributed by atoms with Gasteiger partial charge in [-0.3, -0.25) is 9.59 Å². The number of sulfone groups is 1. The standard InChI is InChI=1S/C14H25NO5S/c1-11(10-21(2,19)20)15-12(16)8-14(9-13(17)18)6-4-3-5-7-14/h11H,3-10H2,1-2H3,(H,15,16)(H,17,18). The third kappa shape index (κ3) is 6.93. The number of nitrogens with one attached hydrogen (secondary N) is 1. The SMILES string of the molecule is CC(CS(C)(=O)=O)NC(=O)CC1(CC(=O)O)CCCCC1. The number of carbonyl (C=O) groups excluding carboxylic acids is 1. The summed E-state index contributed by atoms with van der Waals surface area (Å²) in [6.07, 6.45) is 5.74. The summed E-state index contributed by atoms with van der Waals surface area (Å²) in [7, 11) is -3.15. The van der Waals surface area contributed by atoms with Crippen molar-refractivity contribution in [3.63, 3.8) is 0 Å². The molecule has 0 spiro atoms. The summed E-state index contributed by atoms with van der Waals surface area (Å²) in [5, 5.41) is 11.7. The smallest absolute Gasteiger partial charge is 0.303 e. The third-order valence-corrected chi connectivity index (χ3v) is 5.04. The van der Waals surface area contributed by atoms with Crippen molar-refractivity contribution in [1.82, 2.24) is 5.32 Å². The molecule has 6 nitrogen and oxygen atoms in total. The Kier molecular flexibility index (Phi) is 6.19. The van der Waals surface area contributed by atoms with Gasteiger partial charge in [-0.2, -0.15) is 0 Å². The summed E-state index contributed by atoms with van der Waals surface area (Å²) in [6.45, 7) is 1.64. The highest BCUT2D eigenvalue weighted by atomic mass is 32.2. The van der Waals surface area contributed by atoms with E-state index in [1.165, 1.54) is 0 Å². The van der Waals surface area contributed by atoms with E-state index in [9.17, 15) is 18.0 Å². The maximum atomic E-state index is 12.1. The minimum absolute atomic E-state index is 0.000870. The van der Waals surface area contributed by atoms with Crippen molar-refractivity contribution in [3.05, 3.63) is 0 Å². The summed E-state index contributed by atoms with van der Waals surface area (Å²) in [5.74, 6) is -1.24. The van der Waals surface area contributed by atoms with Gasteiger partial charge < -0.3 is 10.4 Å². The van der Waals surface area contributed by atoms with Gasteiger partial charge in [0.25, 0.3) is 0 Å². The molecular weight excluding hydrogens is 294 g/mol. The lowest BCUT2D eigenvalue weighted by Gasteiger charge is -2.35. The molecule has 2 N–H and O–H groups in total. The molecule has 1 saturated carbocycles. The van der Waals surface area contributed by atoms with Crippen LogP contribution in [0.2, 0.25) is 0 Å². The van der Waals surface area contributed by atoms with Gasteiger partial charge in [0, 0.05) is 18.7 Å². The first-order valence-electron chi connectivity index (χ1n) is 7.31. The average molecular weight is 319 g/mol. The molecule has 1 aliphatic carbocycles. The van der Waals surface area contributed by atoms with Crippen LogP contribution in [-0.4, -0.2) is 43.5 Å². The lowest BCUT2D eigenvalue weighted by Crippen LogP contribution is -2.41. The maximum absolute atomic E-state index is 12.1. The van der Waals surface area contributed by atoms with Crippen LogP contribution in [0.4, 0.5) is 0 Å². The molecule has 0 heterocycles. The number of rotatable bonds is 7. The van der Waals surface area contributed by atoms with Crippen molar-refractivity contribution >= 4 is 21.7 Å². The lowest BCUT2D eigenvalue weighted by atomic mass is 9.69. The summed E-state index contributed by atoms with van der Waals surface area (Å²) < 4.78 is 22.4. The largest absolute Gasteiger partial charge is 0.481 e. The number of hydrogen-bond acceptors (Lipinski definition) is 4. The number of amides is 1. The van der Waals surface area contributed by atoms with Crippen LogP contribution in [0.25, 0.3) is 0 Å². The molecule has 1 rings (SSSR count). The van der Waals surface area contributed by atoms with Gasteiger partial charge in [-0.25, -0.2) is 8.42 Å². The van der Waals surface area contributed by atoms with Crippen molar-refractivity contribution in [2.75, 3.05) is 12.0 Å². The Morgan fingerprint density at radius 3 is 2.24 bits per heavy atom. The van der Waals surface area contributed by atoms with Gasteiger partial charge in [0.15, 0.2) is 0 Å². The molecule has 21 heavy (non-hydrogen) atoms. The van der Waals surface area contributed by atoms with E-state index in [2.05, 4.69) is 5.32 Å². The van der Waals surface area contributed by atoms with Crippen LogP contribution < -0.4 is 5.32 Å². The van der Waals surface area contributed by atoms with E-state index in [0.717, 1.165) is 38.4 Å². The molecular formula is C14H25NO5S. The number of carbonyl (C=O) groups is 2. The molecule has 0 aromatic heterocycles. The fraction of sp³-hybridized carbons (Fsp3) is 0.857. The molecule has 0 radical (unpaired) electrons. The third-order valence-electron chi connectivity index (χ3n) is 3.94. The number of carboxylic acids is 1. The van der Waals surface area contributed by atoms with Crippen molar-refractivity contribution in [2.24, 2.45) is 5.41 Å². The summed E-state index contributed by atoms with van der Waals surface area (Å²) in [5.41, 5.74) is -0.473. The second-order valence-electron chi connectivity index (χ2n) is 6.37. The van der Waals surface area contributed by atoms with Crippen molar-refractivity contribution < 1.29 is 23.1 Å². The van der Waals surface area contributed by atoms with Crippen molar-refractivity contribution in [1.29, 1.82) is 0 Å². The zero-order valence-electron chi connectivity index (χ0n) is 12.7. The first-order chi connectivity index (χ1) is 9.62. The molecule has 0 bridgehead atoms. The second-order valence-corrected chi connectivity index (χ2v) is 8.55. The van der Waals surface area contributed by atoms with Gasteiger partial charge in [-0.15, -0.1) is 0 Å². The minimum Gasteiger partial charge on any atom is -0.481 e. The fourth-order valence-electron chi connectivity index (χ4n) is 3.20. The van der Waals surface area contributed by atoms with Crippen LogP contribution in [0.3, 0.4) is 0 Å². The molecule has 0 aliphatic heterocycles.